The summed E-state index contributed by atoms with van der Waals surface area (Å²) in [6, 6.07) is 9.17. The van der Waals surface area contributed by atoms with E-state index in [0.717, 1.165) is 29.7 Å². The van der Waals surface area contributed by atoms with Gasteiger partial charge in [-0.05, 0) is 36.8 Å². The van der Waals surface area contributed by atoms with Crippen molar-refractivity contribution in [1.29, 1.82) is 0 Å². The highest BCUT2D eigenvalue weighted by Crippen LogP contribution is 2.22. The Hall–Kier alpha value is -2.09. The van der Waals surface area contributed by atoms with Crippen molar-refractivity contribution in [2.75, 3.05) is 17.6 Å². The first-order valence-electron chi connectivity index (χ1n) is 8.42. The molecular weight excluding hydrogens is 370 g/mol. The van der Waals surface area contributed by atoms with Gasteiger partial charge in [0.2, 0.25) is 5.95 Å². The molecule has 0 radical (unpaired) electrons. The number of nitrogens with zero attached hydrogens (tertiary/aromatic N) is 3. The van der Waals surface area contributed by atoms with Crippen molar-refractivity contribution in [3.8, 4) is 0 Å². The number of H-pyrrole nitrogens is 1. The molecule has 26 heavy (non-hydrogen) atoms. The Bertz CT molecular complexity index is 987. The summed E-state index contributed by atoms with van der Waals surface area (Å²) in [6.45, 7) is 2.24. The van der Waals surface area contributed by atoms with Crippen molar-refractivity contribution in [1.82, 2.24) is 19.3 Å². The number of anilines is 1. The maximum atomic E-state index is 12.3. The molecule has 0 amide bonds. The number of rotatable bonds is 5. The number of nitrogens with one attached hydrogen (secondary N) is 2. The molecule has 8 heteroatoms. The van der Waals surface area contributed by atoms with Crippen LogP contribution in [0.4, 0.5) is 5.95 Å². The first-order chi connectivity index (χ1) is 12.7. The zero-order valence-corrected chi connectivity index (χ0v) is 15.6. The van der Waals surface area contributed by atoms with Crippen LogP contribution in [0.15, 0.2) is 41.3 Å². The standard InChI is InChI=1S/C18H18ClN5OS/c19-14-2-3-16-12(9-14)8-13(17(25)23-16)10-21-18-20-5-4-15(22-18)11-24-6-1-7-26-24/h2-5,8-9H,1,6-7,10-11H2,(H,23,25)(H,20,21,22). The van der Waals surface area contributed by atoms with Gasteiger partial charge < -0.3 is 10.3 Å². The van der Waals surface area contributed by atoms with Crippen LogP contribution in [0, 0.1) is 0 Å². The quantitative estimate of drug-likeness (QED) is 0.653. The first kappa shape index (κ1) is 17.3. The predicted octanol–water partition coefficient (Wildman–Crippen LogP) is 3.44. The van der Waals surface area contributed by atoms with Crippen molar-refractivity contribution in [3.63, 3.8) is 0 Å². The molecule has 1 aliphatic heterocycles. The Morgan fingerprint density at radius 1 is 1.31 bits per heavy atom. The van der Waals surface area contributed by atoms with Gasteiger partial charge in [0.25, 0.3) is 5.56 Å². The minimum absolute atomic E-state index is 0.128. The molecule has 0 atom stereocenters. The fourth-order valence-corrected chi connectivity index (χ4v) is 4.08. The van der Waals surface area contributed by atoms with E-state index in [1.807, 2.05) is 30.1 Å². The lowest BCUT2D eigenvalue weighted by molar-refractivity contribution is 0.485. The molecule has 1 aromatic carbocycles. The lowest BCUT2D eigenvalue weighted by atomic mass is 10.1. The van der Waals surface area contributed by atoms with Crippen LogP contribution in [0.3, 0.4) is 0 Å². The van der Waals surface area contributed by atoms with E-state index in [0.29, 0.717) is 23.1 Å². The van der Waals surface area contributed by atoms with Crippen LogP contribution in [0.25, 0.3) is 10.9 Å². The van der Waals surface area contributed by atoms with E-state index in [9.17, 15) is 4.79 Å². The summed E-state index contributed by atoms with van der Waals surface area (Å²) in [5.41, 5.74) is 2.22. The zero-order chi connectivity index (χ0) is 17.9. The van der Waals surface area contributed by atoms with Crippen LogP contribution in [-0.2, 0) is 13.1 Å². The number of pyridine rings is 1. The number of hydrogen-bond donors (Lipinski definition) is 2. The highest BCUT2D eigenvalue weighted by molar-refractivity contribution is 7.97. The molecule has 3 aromatic rings. The molecule has 3 heterocycles. The van der Waals surface area contributed by atoms with E-state index < -0.39 is 0 Å². The van der Waals surface area contributed by atoms with Gasteiger partial charge in [0.1, 0.15) is 0 Å². The second-order valence-electron chi connectivity index (χ2n) is 6.13. The van der Waals surface area contributed by atoms with E-state index in [1.165, 1.54) is 12.2 Å². The topological polar surface area (TPSA) is 73.9 Å². The Balaban J connectivity index is 1.49. The maximum absolute atomic E-state index is 12.3. The number of aromatic nitrogens is 3. The molecule has 0 aliphatic carbocycles. The molecule has 1 saturated heterocycles. The third-order valence-electron chi connectivity index (χ3n) is 4.20. The number of hydrogen-bond acceptors (Lipinski definition) is 6. The van der Waals surface area contributed by atoms with Crippen LogP contribution in [0.1, 0.15) is 17.7 Å². The van der Waals surface area contributed by atoms with Crippen LogP contribution in [0.2, 0.25) is 5.02 Å². The molecule has 0 bridgehead atoms. The van der Waals surface area contributed by atoms with Crippen molar-refractivity contribution in [2.24, 2.45) is 0 Å². The maximum Gasteiger partial charge on any atom is 0.253 e. The second kappa shape index (κ2) is 7.65. The van der Waals surface area contributed by atoms with Gasteiger partial charge in [-0.1, -0.05) is 23.5 Å². The molecule has 1 aliphatic rings. The van der Waals surface area contributed by atoms with Gasteiger partial charge >= 0.3 is 0 Å². The third kappa shape index (κ3) is 4.00. The molecule has 0 spiro atoms. The second-order valence-corrected chi connectivity index (χ2v) is 7.75. The molecule has 2 aromatic heterocycles. The van der Waals surface area contributed by atoms with Gasteiger partial charge in [-0.3, -0.25) is 4.79 Å². The molecule has 0 saturated carbocycles. The summed E-state index contributed by atoms with van der Waals surface area (Å²) in [7, 11) is 0. The fourth-order valence-electron chi connectivity index (χ4n) is 2.90. The highest BCUT2D eigenvalue weighted by atomic mass is 35.5. The summed E-state index contributed by atoms with van der Waals surface area (Å²) < 4.78 is 2.31. The molecule has 1 fully saturated rings. The van der Waals surface area contributed by atoms with E-state index in [1.54, 1.807) is 18.3 Å². The minimum Gasteiger partial charge on any atom is -0.350 e. The molecule has 6 nitrogen and oxygen atoms in total. The summed E-state index contributed by atoms with van der Waals surface area (Å²) in [5, 5.41) is 4.68. The summed E-state index contributed by atoms with van der Waals surface area (Å²) >= 11 is 7.89. The molecular formula is C18H18ClN5OS. The van der Waals surface area contributed by atoms with Gasteiger partial charge in [-0.25, -0.2) is 14.3 Å². The first-order valence-corrected chi connectivity index (χ1v) is 9.74. The third-order valence-corrected chi connectivity index (χ3v) is 5.58. The number of aromatic amines is 1. The Kier molecular flexibility index (Phi) is 5.10. The Labute approximate surface area is 160 Å². The van der Waals surface area contributed by atoms with Gasteiger partial charge in [0, 0.05) is 46.5 Å². The average molecular weight is 388 g/mol. The summed E-state index contributed by atoms with van der Waals surface area (Å²) in [5.74, 6) is 1.70. The monoisotopic (exact) mass is 387 g/mol. The molecule has 134 valence electrons. The van der Waals surface area contributed by atoms with E-state index in [2.05, 4.69) is 24.6 Å². The van der Waals surface area contributed by atoms with Crippen LogP contribution in [-0.4, -0.2) is 31.6 Å². The summed E-state index contributed by atoms with van der Waals surface area (Å²) in [4.78, 5) is 23.9. The molecule has 0 unspecified atom stereocenters. The van der Waals surface area contributed by atoms with E-state index in [4.69, 9.17) is 11.6 Å². The van der Waals surface area contributed by atoms with Gasteiger partial charge in [-0.15, -0.1) is 0 Å². The van der Waals surface area contributed by atoms with Crippen LogP contribution >= 0.6 is 23.5 Å². The zero-order valence-electron chi connectivity index (χ0n) is 14.0. The lowest BCUT2D eigenvalue weighted by Crippen LogP contribution is -2.17. The van der Waals surface area contributed by atoms with Gasteiger partial charge in [-0.2, -0.15) is 0 Å². The average Bonchev–Trinajstić information content (AvgIpc) is 3.13. The van der Waals surface area contributed by atoms with Crippen molar-refractivity contribution < 1.29 is 0 Å². The SMILES string of the molecule is O=c1[nH]c2ccc(Cl)cc2cc1CNc1nccc(CN2CCCS2)n1. The van der Waals surface area contributed by atoms with Crippen molar-refractivity contribution >= 4 is 40.4 Å². The number of halogens is 1. The summed E-state index contributed by atoms with van der Waals surface area (Å²) in [6.07, 6.45) is 2.96. The Morgan fingerprint density at radius 3 is 3.08 bits per heavy atom. The van der Waals surface area contributed by atoms with Gasteiger partial charge in [0.15, 0.2) is 0 Å². The fraction of sp³-hybridized carbons (Fsp3) is 0.278. The van der Waals surface area contributed by atoms with Crippen molar-refractivity contribution in [2.45, 2.75) is 19.5 Å². The number of benzene rings is 1. The van der Waals surface area contributed by atoms with Gasteiger partial charge in [0.05, 0.1) is 12.2 Å². The number of fused-ring (bicyclic) bond motifs is 1. The normalized spacial score (nSPS) is 14.8. The largest absolute Gasteiger partial charge is 0.350 e. The van der Waals surface area contributed by atoms with Crippen LogP contribution < -0.4 is 10.9 Å². The Morgan fingerprint density at radius 2 is 2.23 bits per heavy atom. The smallest absolute Gasteiger partial charge is 0.253 e. The minimum atomic E-state index is -0.128. The lowest BCUT2D eigenvalue weighted by Gasteiger charge is -2.13. The van der Waals surface area contributed by atoms with E-state index >= 15 is 0 Å². The highest BCUT2D eigenvalue weighted by Gasteiger charge is 2.13. The molecule has 4 rings (SSSR count). The van der Waals surface area contributed by atoms with Crippen LogP contribution in [0.5, 0.6) is 0 Å². The van der Waals surface area contributed by atoms with Crippen molar-refractivity contribution in [3.05, 3.63) is 63.2 Å². The molecule has 2 N–H and O–H groups in total. The van der Waals surface area contributed by atoms with E-state index in [-0.39, 0.29) is 5.56 Å². The predicted molar refractivity (Wildman–Crippen MR) is 106 cm³/mol.